The summed E-state index contributed by atoms with van der Waals surface area (Å²) in [4.78, 5) is 25.2. The fourth-order valence-electron chi connectivity index (χ4n) is 2.81. The number of H-pyrrole nitrogens is 1. The molecule has 0 spiro atoms. The van der Waals surface area contributed by atoms with Crippen LogP contribution in [0.5, 0.6) is 0 Å². The summed E-state index contributed by atoms with van der Waals surface area (Å²) in [5.74, 6) is 0.908. The van der Waals surface area contributed by atoms with Crippen LogP contribution in [-0.2, 0) is 13.0 Å². The van der Waals surface area contributed by atoms with Gasteiger partial charge in [-0.3, -0.25) is 14.9 Å². The number of anilines is 1. The Bertz CT molecular complexity index is 1100. The van der Waals surface area contributed by atoms with Crippen LogP contribution >= 0.6 is 0 Å². The third-order valence-electron chi connectivity index (χ3n) is 4.02. The lowest BCUT2D eigenvalue weighted by molar-refractivity contribution is 0.837. The van der Waals surface area contributed by atoms with Crippen LogP contribution < -0.4 is 10.9 Å². The summed E-state index contributed by atoms with van der Waals surface area (Å²) in [6.07, 6.45) is 3.49. The van der Waals surface area contributed by atoms with Gasteiger partial charge in [0.15, 0.2) is 0 Å². The lowest BCUT2D eigenvalue weighted by Crippen LogP contribution is -2.15. The first-order valence-corrected chi connectivity index (χ1v) is 8.29. The van der Waals surface area contributed by atoms with Crippen LogP contribution in [0.25, 0.3) is 16.7 Å². The van der Waals surface area contributed by atoms with E-state index < -0.39 is 0 Å². The monoisotopic (exact) mass is 334 g/mol. The Morgan fingerprint density at radius 1 is 1.20 bits per heavy atom. The van der Waals surface area contributed by atoms with Gasteiger partial charge in [-0.2, -0.15) is 9.50 Å². The largest absolute Gasteiger partial charge is 0.351 e. The molecule has 0 bridgehead atoms. The van der Waals surface area contributed by atoms with E-state index in [1.165, 1.54) is 4.52 Å². The number of pyridine rings is 1. The van der Waals surface area contributed by atoms with E-state index >= 15 is 0 Å². The molecule has 0 atom stereocenters. The summed E-state index contributed by atoms with van der Waals surface area (Å²) < 4.78 is 1.35. The van der Waals surface area contributed by atoms with Gasteiger partial charge in [0.25, 0.3) is 11.3 Å². The molecule has 126 valence electrons. The van der Waals surface area contributed by atoms with E-state index in [4.69, 9.17) is 0 Å². The minimum absolute atomic E-state index is 0.147. The number of rotatable bonds is 5. The molecule has 7 nitrogen and oxygen atoms in total. The molecule has 0 unspecified atom stereocenters. The summed E-state index contributed by atoms with van der Waals surface area (Å²) in [5.41, 5.74) is 2.69. The van der Waals surface area contributed by atoms with Crippen LogP contribution in [0.15, 0.2) is 47.4 Å². The van der Waals surface area contributed by atoms with Crippen molar-refractivity contribution in [1.82, 2.24) is 24.6 Å². The van der Waals surface area contributed by atoms with Crippen molar-refractivity contribution >= 4 is 22.6 Å². The predicted octanol–water partition coefficient (Wildman–Crippen LogP) is 2.53. The molecule has 0 aliphatic heterocycles. The Kier molecular flexibility index (Phi) is 3.89. The maximum Gasteiger partial charge on any atom is 0.274 e. The topological polar surface area (TPSA) is 88.0 Å². The lowest BCUT2D eigenvalue weighted by Gasteiger charge is -2.04. The molecule has 0 saturated heterocycles. The highest BCUT2D eigenvalue weighted by atomic mass is 16.1. The van der Waals surface area contributed by atoms with Gasteiger partial charge < -0.3 is 5.32 Å². The maximum atomic E-state index is 12.1. The van der Waals surface area contributed by atoms with Crippen LogP contribution in [0, 0.1) is 0 Å². The molecular weight excluding hydrogens is 316 g/mol. The number of benzene rings is 1. The molecule has 1 aromatic carbocycles. The summed E-state index contributed by atoms with van der Waals surface area (Å²) >= 11 is 0. The van der Waals surface area contributed by atoms with Crippen LogP contribution in [0.1, 0.15) is 24.6 Å². The summed E-state index contributed by atoms with van der Waals surface area (Å²) in [5, 5.41) is 7.25. The van der Waals surface area contributed by atoms with Gasteiger partial charge in [0.2, 0.25) is 5.95 Å². The van der Waals surface area contributed by atoms with Crippen LogP contribution in [0.2, 0.25) is 0 Å². The number of aromatic amines is 1. The smallest absolute Gasteiger partial charge is 0.274 e. The molecule has 0 aliphatic rings. The molecule has 0 fully saturated rings. The number of hydrogen-bond donors (Lipinski definition) is 2. The van der Waals surface area contributed by atoms with E-state index in [0.29, 0.717) is 18.3 Å². The van der Waals surface area contributed by atoms with Crippen molar-refractivity contribution in [3.8, 4) is 0 Å². The molecule has 3 heterocycles. The zero-order valence-electron chi connectivity index (χ0n) is 13.9. The Balaban J connectivity index is 1.57. The first-order chi connectivity index (χ1) is 12.2. The van der Waals surface area contributed by atoms with Gasteiger partial charge in [0, 0.05) is 24.2 Å². The van der Waals surface area contributed by atoms with Gasteiger partial charge >= 0.3 is 0 Å². The molecule has 0 aliphatic carbocycles. The molecule has 4 rings (SSSR count). The first kappa shape index (κ1) is 15.3. The fourth-order valence-corrected chi connectivity index (χ4v) is 2.81. The van der Waals surface area contributed by atoms with Crippen molar-refractivity contribution in [2.45, 2.75) is 26.3 Å². The first-order valence-electron chi connectivity index (χ1n) is 8.29. The van der Waals surface area contributed by atoms with Crippen LogP contribution in [-0.4, -0.2) is 24.6 Å². The van der Waals surface area contributed by atoms with Gasteiger partial charge in [-0.1, -0.05) is 25.5 Å². The zero-order valence-corrected chi connectivity index (χ0v) is 13.9. The van der Waals surface area contributed by atoms with Crippen LogP contribution in [0.4, 0.5) is 5.95 Å². The van der Waals surface area contributed by atoms with Gasteiger partial charge in [-0.25, -0.2) is 4.98 Å². The van der Waals surface area contributed by atoms with Crippen molar-refractivity contribution in [3.05, 3.63) is 64.2 Å². The van der Waals surface area contributed by atoms with Gasteiger partial charge in [0.1, 0.15) is 0 Å². The Morgan fingerprint density at radius 2 is 2.12 bits per heavy atom. The van der Waals surface area contributed by atoms with Crippen molar-refractivity contribution in [1.29, 1.82) is 0 Å². The van der Waals surface area contributed by atoms with E-state index in [2.05, 4.69) is 38.4 Å². The van der Waals surface area contributed by atoms with Gasteiger partial charge in [-0.15, -0.1) is 0 Å². The van der Waals surface area contributed by atoms with Crippen LogP contribution in [0.3, 0.4) is 0 Å². The Hall–Kier alpha value is -3.22. The highest BCUT2D eigenvalue weighted by molar-refractivity contribution is 5.78. The maximum absolute atomic E-state index is 12.1. The molecule has 4 aromatic rings. The Labute approximate surface area is 143 Å². The molecule has 25 heavy (non-hydrogen) atoms. The quantitative estimate of drug-likeness (QED) is 0.585. The average Bonchev–Trinajstić information content (AvgIpc) is 3.04. The molecule has 7 heteroatoms. The third-order valence-corrected chi connectivity index (χ3v) is 4.02. The van der Waals surface area contributed by atoms with E-state index in [9.17, 15) is 4.79 Å². The SMILES string of the molecule is CCCc1cc(=O)n2[nH]c(NCc3ccc4ncccc4c3)nc2n1. The summed E-state index contributed by atoms with van der Waals surface area (Å²) in [6.45, 7) is 2.64. The highest BCUT2D eigenvalue weighted by Crippen LogP contribution is 2.14. The van der Waals surface area contributed by atoms with Crippen molar-refractivity contribution in [2.75, 3.05) is 5.32 Å². The van der Waals surface area contributed by atoms with Crippen molar-refractivity contribution in [3.63, 3.8) is 0 Å². The van der Waals surface area contributed by atoms with Gasteiger partial charge in [-0.05, 0) is 30.2 Å². The minimum atomic E-state index is -0.147. The number of hydrogen-bond acceptors (Lipinski definition) is 5. The zero-order chi connectivity index (χ0) is 17.2. The highest BCUT2D eigenvalue weighted by Gasteiger charge is 2.07. The fraction of sp³-hybridized carbons (Fsp3) is 0.222. The standard InChI is InChI=1S/C18H18N6O/c1-2-4-14-10-16(25)24-18(21-14)22-17(23-24)20-11-12-6-7-15-13(9-12)5-3-8-19-15/h3,5-10H,2,4,11H2,1H3,(H2,20,21,22,23). The second-order valence-corrected chi connectivity index (χ2v) is 5.93. The molecule has 2 N–H and O–H groups in total. The third kappa shape index (κ3) is 3.08. The summed E-state index contributed by atoms with van der Waals surface area (Å²) in [7, 11) is 0. The van der Waals surface area contributed by atoms with Crippen molar-refractivity contribution < 1.29 is 0 Å². The number of fused-ring (bicyclic) bond motifs is 2. The van der Waals surface area contributed by atoms with Gasteiger partial charge in [0.05, 0.1) is 11.2 Å². The normalized spacial score (nSPS) is 11.2. The molecular formula is C18H18N6O. The molecule has 0 saturated carbocycles. The average molecular weight is 334 g/mol. The van der Waals surface area contributed by atoms with E-state index in [1.807, 2.05) is 24.3 Å². The molecule has 0 radical (unpaired) electrons. The molecule has 3 aromatic heterocycles. The predicted molar refractivity (Wildman–Crippen MR) is 96.7 cm³/mol. The lowest BCUT2D eigenvalue weighted by atomic mass is 10.1. The molecule has 0 amide bonds. The van der Waals surface area contributed by atoms with E-state index in [0.717, 1.165) is 35.0 Å². The minimum Gasteiger partial charge on any atom is -0.351 e. The second-order valence-electron chi connectivity index (χ2n) is 5.93. The number of aryl methyl sites for hydroxylation is 1. The number of aromatic nitrogens is 5. The van der Waals surface area contributed by atoms with E-state index in [1.54, 1.807) is 12.3 Å². The number of nitrogens with zero attached hydrogens (tertiary/aromatic N) is 4. The van der Waals surface area contributed by atoms with E-state index in [-0.39, 0.29) is 5.56 Å². The van der Waals surface area contributed by atoms with Crippen molar-refractivity contribution in [2.24, 2.45) is 0 Å². The number of nitrogens with one attached hydrogen (secondary N) is 2. The Morgan fingerprint density at radius 3 is 3.00 bits per heavy atom. The second kappa shape index (κ2) is 6.35. The summed E-state index contributed by atoms with van der Waals surface area (Å²) in [6, 6.07) is 11.6.